The summed E-state index contributed by atoms with van der Waals surface area (Å²) in [7, 11) is 1.57. The van der Waals surface area contributed by atoms with Gasteiger partial charge in [0.05, 0.1) is 13.0 Å². The minimum absolute atomic E-state index is 0.0951. The van der Waals surface area contributed by atoms with Crippen LogP contribution in [0.15, 0.2) is 79.4 Å². The molecule has 1 saturated heterocycles. The fraction of sp³-hybridized carbons (Fsp3) is 0.160. The monoisotopic (exact) mass is 470 g/mol. The maximum atomic E-state index is 12.8. The topological polar surface area (TPSA) is 111 Å². The molecule has 0 saturated carbocycles. The van der Waals surface area contributed by atoms with Crippen molar-refractivity contribution >= 4 is 23.2 Å². The second-order valence-corrected chi connectivity index (χ2v) is 7.92. The lowest BCUT2D eigenvalue weighted by Gasteiger charge is -2.17. The van der Waals surface area contributed by atoms with Crippen LogP contribution in [-0.4, -0.2) is 45.2 Å². The van der Waals surface area contributed by atoms with Gasteiger partial charge >= 0.3 is 0 Å². The standard InChI is InChI=1S/C25H22N6O4/c1-34-21-4-2-3-19(14-21)31-15-17(13-24(31)32)25(33)27-18-5-7-20(8-6-18)35-23-10-9-22(28-29-23)30-12-11-26-16-30/h2-12,14,16-17H,13,15H2,1H3,(H,27,33). The van der Waals surface area contributed by atoms with Gasteiger partial charge in [0.1, 0.15) is 17.8 Å². The molecular weight excluding hydrogens is 448 g/mol. The van der Waals surface area contributed by atoms with Crippen molar-refractivity contribution in [2.24, 2.45) is 5.92 Å². The number of amides is 2. The maximum Gasteiger partial charge on any atom is 0.238 e. The average Bonchev–Trinajstić information content (AvgIpc) is 3.56. The number of benzene rings is 2. The van der Waals surface area contributed by atoms with Gasteiger partial charge in [-0.15, -0.1) is 10.2 Å². The summed E-state index contributed by atoms with van der Waals surface area (Å²) >= 11 is 0. The van der Waals surface area contributed by atoms with Crippen LogP contribution in [0.3, 0.4) is 0 Å². The number of carbonyl (C=O) groups excluding carboxylic acids is 2. The molecule has 1 aliphatic heterocycles. The van der Waals surface area contributed by atoms with Gasteiger partial charge in [-0.25, -0.2) is 4.98 Å². The lowest BCUT2D eigenvalue weighted by atomic mass is 10.1. The number of nitrogens with one attached hydrogen (secondary N) is 1. The van der Waals surface area contributed by atoms with Crippen LogP contribution in [0, 0.1) is 5.92 Å². The minimum Gasteiger partial charge on any atom is -0.497 e. The Morgan fingerprint density at radius 1 is 1.06 bits per heavy atom. The molecule has 0 radical (unpaired) electrons. The van der Waals surface area contributed by atoms with Crippen molar-refractivity contribution in [3.63, 3.8) is 0 Å². The quantitative estimate of drug-likeness (QED) is 0.440. The highest BCUT2D eigenvalue weighted by Gasteiger charge is 2.35. The van der Waals surface area contributed by atoms with Gasteiger partial charge in [0.15, 0.2) is 5.82 Å². The second-order valence-electron chi connectivity index (χ2n) is 7.92. The van der Waals surface area contributed by atoms with Gasteiger partial charge in [0, 0.05) is 48.9 Å². The van der Waals surface area contributed by atoms with Crippen LogP contribution in [0.1, 0.15) is 6.42 Å². The Morgan fingerprint density at radius 3 is 2.63 bits per heavy atom. The van der Waals surface area contributed by atoms with Gasteiger partial charge in [-0.05, 0) is 42.5 Å². The molecule has 1 atom stereocenters. The largest absolute Gasteiger partial charge is 0.497 e. The number of imidazole rings is 1. The lowest BCUT2D eigenvalue weighted by molar-refractivity contribution is -0.122. The molecule has 2 aromatic heterocycles. The van der Waals surface area contributed by atoms with E-state index < -0.39 is 5.92 Å². The van der Waals surface area contributed by atoms with Crippen LogP contribution in [0.2, 0.25) is 0 Å². The molecule has 0 aliphatic carbocycles. The smallest absolute Gasteiger partial charge is 0.238 e. The van der Waals surface area contributed by atoms with E-state index in [1.165, 1.54) is 0 Å². The summed E-state index contributed by atoms with van der Waals surface area (Å²) in [6, 6.07) is 17.6. The molecule has 4 aromatic rings. The van der Waals surface area contributed by atoms with Crippen molar-refractivity contribution in [2.45, 2.75) is 6.42 Å². The van der Waals surface area contributed by atoms with E-state index in [2.05, 4.69) is 20.5 Å². The SMILES string of the molecule is COc1cccc(N2CC(C(=O)Nc3ccc(Oc4ccc(-n5ccnc5)nn4)cc3)CC2=O)c1. The Hall–Kier alpha value is -4.73. The summed E-state index contributed by atoms with van der Waals surface area (Å²) in [6.45, 7) is 0.312. The van der Waals surface area contributed by atoms with Crippen LogP contribution in [0.25, 0.3) is 5.82 Å². The number of anilines is 2. The number of hydrogen-bond donors (Lipinski definition) is 1. The first-order valence-electron chi connectivity index (χ1n) is 10.9. The van der Waals surface area contributed by atoms with Gasteiger partial charge in [-0.2, -0.15) is 0 Å². The van der Waals surface area contributed by atoms with E-state index in [0.29, 0.717) is 41.1 Å². The summed E-state index contributed by atoms with van der Waals surface area (Å²) in [4.78, 5) is 30.9. The summed E-state index contributed by atoms with van der Waals surface area (Å²) in [5, 5.41) is 11.1. The molecule has 35 heavy (non-hydrogen) atoms. The average molecular weight is 470 g/mol. The Morgan fingerprint density at radius 2 is 1.91 bits per heavy atom. The second kappa shape index (κ2) is 9.64. The van der Waals surface area contributed by atoms with Gasteiger partial charge in [-0.1, -0.05) is 6.07 Å². The Bertz CT molecular complexity index is 1320. The number of hydrogen-bond acceptors (Lipinski definition) is 7. The van der Waals surface area contributed by atoms with Crippen molar-refractivity contribution in [3.8, 4) is 23.2 Å². The zero-order valence-electron chi connectivity index (χ0n) is 18.9. The molecule has 1 aliphatic rings. The highest BCUT2D eigenvalue weighted by Crippen LogP contribution is 2.29. The zero-order chi connectivity index (χ0) is 24.2. The number of methoxy groups -OCH3 is 1. The molecule has 2 amide bonds. The van der Waals surface area contributed by atoms with Crippen molar-refractivity contribution in [1.82, 2.24) is 19.7 Å². The molecular formula is C25H22N6O4. The summed E-state index contributed by atoms with van der Waals surface area (Å²) in [5.74, 6) is 1.42. The Balaban J connectivity index is 1.18. The third-order valence-electron chi connectivity index (χ3n) is 5.60. The predicted octanol–water partition coefficient (Wildman–Crippen LogP) is 3.45. The van der Waals surface area contributed by atoms with Crippen molar-refractivity contribution in [3.05, 3.63) is 79.4 Å². The first-order chi connectivity index (χ1) is 17.1. The normalized spacial score (nSPS) is 15.2. The maximum absolute atomic E-state index is 12.8. The van der Waals surface area contributed by atoms with E-state index in [4.69, 9.17) is 9.47 Å². The van der Waals surface area contributed by atoms with E-state index in [0.717, 1.165) is 0 Å². The van der Waals surface area contributed by atoms with Gasteiger partial charge in [-0.3, -0.25) is 14.2 Å². The molecule has 0 spiro atoms. The Kier molecular flexibility index (Phi) is 6.08. The minimum atomic E-state index is -0.450. The molecule has 0 bridgehead atoms. The van der Waals surface area contributed by atoms with Gasteiger partial charge < -0.3 is 19.7 Å². The predicted molar refractivity (Wildman–Crippen MR) is 128 cm³/mol. The number of nitrogens with zero attached hydrogens (tertiary/aromatic N) is 5. The van der Waals surface area contributed by atoms with Crippen LogP contribution >= 0.6 is 0 Å². The van der Waals surface area contributed by atoms with Crippen LogP contribution < -0.4 is 19.7 Å². The number of aromatic nitrogens is 4. The molecule has 5 rings (SSSR count). The van der Waals surface area contributed by atoms with Crippen molar-refractivity contribution in [1.29, 1.82) is 0 Å². The molecule has 1 fully saturated rings. The fourth-order valence-corrected chi connectivity index (χ4v) is 3.78. The van der Waals surface area contributed by atoms with Crippen molar-refractivity contribution < 1.29 is 19.1 Å². The molecule has 1 N–H and O–H groups in total. The molecule has 1 unspecified atom stereocenters. The number of ether oxygens (including phenoxy) is 2. The molecule has 2 aromatic carbocycles. The Labute approximate surface area is 201 Å². The van der Waals surface area contributed by atoms with Gasteiger partial charge in [0.25, 0.3) is 0 Å². The zero-order valence-corrected chi connectivity index (χ0v) is 18.9. The van der Waals surface area contributed by atoms with Crippen LogP contribution in [-0.2, 0) is 9.59 Å². The lowest BCUT2D eigenvalue weighted by Crippen LogP contribution is -2.28. The molecule has 10 heteroatoms. The van der Waals surface area contributed by atoms with Crippen LogP contribution in [0.4, 0.5) is 11.4 Å². The first kappa shape index (κ1) is 22.1. The molecule has 3 heterocycles. The first-order valence-corrected chi connectivity index (χ1v) is 10.9. The molecule has 10 nitrogen and oxygen atoms in total. The van der Waals surface area contributed by atoms with E-state index in [-0.39, 0.29) is 18.2 Å². The van der Waals surface area contributed by atoms with Crippen molar-refractivity contribution in [2.75, 3.05) is 23.9 Å². The summed E-state index contributed by atoms with van der Waals surface area (Å²) in [5.41, 5.74) is 1.32. The number of carbonyl (C=O) groups is 2. The highest BCUT2D eigenvalue weighted by atomic mass is 16.5. The van der Waals surface area contributed by atoms with Crippen LogP contribution in [0.5, 0.6) is 17.4 Å². The summed E-state index contributed by atoms with van der Waals surface area (Å²) < 4.78 is 12.7. The fourth-order valence-electron chi connectivity index (χ4n) is 3.78. The summed E-state index contributed by atoms with van der Waals surface area (Å²) in [6.07, 6.45) is 5.22. The van der Waals surface area contributed by atoms with Gasteiger partial charge in [0.2, 0.25) is 17.7 Å². The van der Waals surface area contributed by atoms with E-state index in [1.54, 1.807) is 77.8 Å². The van der Waals surface area contributed by atoms with E-state index in [1.807, 2.05) is 18.2 Å². The van der Waals surface area contributed by atoms with E-state index in [9.17, 15) is 9.59 Å². The molecule has 176 valence electrons. The van der Waals surface area contributed by atoms with E-state index >= 15 is 0 Å². The third-order valence-corrected chi connectivity index (χ3v) is 5.60. The highest BCUT2D eigenvalue weighted by molar-refractivity contribution is 6.03. The third kappa shape index (κ3) is 4.96. The number of rotatable bonds is 7.